The Morgan fingerprint density at radius 3 is 2.24 bits per heavy atom. The zero-order valence-corrected chi connectivity index (χ0v) is 25.6. The lowest BCUT2D eigenvalue weighted by Gasteiger charge is -2.69. The molecule has 5 rings (SSSR count). The van der Waals surface area contributed by atoms with Crippen molar-refractivity contribution in [2.24, 2.45) is 44.3 Å². The fraction of sp³-hybridized carbons (Fsp3) is 0.824. The molecule has 0 N–H and O–H groups in total. The average molecular weight is 525 g/mol. The molecule has 0 aromatic rings. The largest absolute Gasteiger partial charge is 0.465 e. The Hall–Kier alpha value is -1.58. The fourth-order valence-corrected chi connectivity index (χ4v) is 10.5. The maximum Gasteiger partial charge on any atom is 0.302 e. The molecule has 0 amide bonds. The molecule has 8 atom stereocenters. The Balaban J connectivity index is 1.51. The summed E-state index contributed by atoms with van der Waals surface area (Å²) < 4.78 is 11.5. The lowest BCUT2D eigenvalue weighted by Crippen LogP contribution is -2.61. The third-order valence-corrected chi connectivity index (χ3v) is 13.2. The normalized spacial score (nSPS) is 47.2. The predicted molar refractivity (Wildman–Crippen MR) is 151 cm³/mol. The Morgan fingerprint density at radius 2 is 1.58 bits per heavy atom. The van der Waals surface area contributed by atoms with E-state index in [0.717, 1.165) is 25.7 Å². The minimum Gasteiger partial charge on any atom is -0.465 e. The minimum atomic E-state index is -0.161. The van der Waals surface area contributed by atoms with Crippen molar-refractivity contribution in [3.8, 4) is 0 Å². The van der Waals surface area contributed by atoms with Crippen molar-refractivity contribution in [1.29, 1.82) is 0 Å². The minimum absolute atomic E-state index is 0.0261. The van der Waals surface area contributed by atoms with E-state index < -0.39 is 0 Å². The first kappa shape index (κ1) is 28.0. The Morgan fingerprint density at radius 1 is 0.895 bits per heavy atom. The summed E-state index contributed by atoms with van der Waals surface area (Å²) in [6.45, 7) is 20.9. The van der Waals surface area contributed by atoms with E-state index in [4.69, 9.17) is 9.47 Å². The summed E-state index contributed by atoms with van der Waals surface area (Å²) in [6, 6.07) is 0. The van der Waals surface area contributed by atoms with Gasteiger partial charge in [0, 0.05) is 24.7 Å². The average Bonchev–Trinajstić information content (AvgIpc) is 2.82. The second-order valence-corrected chi connectivity index (χ2v) is 15.9. The molecule has 0 aromatic carbocycles. The Bertz CT molecular complexity index is 1080. The van der Waals surface area contributed by atoms with E-state index in [-0.39, 0.29) is 45.1 Å². The van der Waals surface area contributed by atoms with Gasteiger partial charge in [0.1, 0.15) is 6.10 Å². The fourth-order valence-electron chi connectivity index (χ4n) is 10.5. The van der Waals surface area contributed by atoms with Crippen molar-refractivity contribution >= 4 is 11.9 Å². The van der Waals surface area contributed by atoms with Crippen LogP contribution in [-0.4, -0.2) is 24.6 Å². The summed E-state index contributed by atoms with van der Waals surface area (Å²) in [4.78, 5) is 23.6. The van der Waals surface area contributed by atoms with Gasteiger partial charge in [0.15, 0.2) is 0 Å². The molecule has 4 nitrogen and oxygen atoms in total. The van der Waals surface area contributed by atoms with Crippen LogP contribution in [0.4, 0.5) is 0 Å². The highest BCUT2D eigenvalue weighted by molar-refractivity contribution is 5.66. The van der Waals surface area contributed by atoms with Gasteiger partial charge in [0.05, 0.1) is 6.61 Å². The number of ether oxygens (including phenoxy) is 2. The van der Waals surface area contributed by atoms with Crippen molar-refractivity contribution < 1.29 is 19.1 Å². The number of hydrogen-bond acceptors (Lipinski definition) is 4. The summed E-state index contributed by atoms with van der Waals surface area (Å²) in [6.07, 6.45) is 15.5. The third kappa shape index (κ3) is 3.89. The van der Waals surface area contributed by atoms with Gasteiger partial charge < -0.3 is 9.47 Å². The number of allylic oxidation sites excluding steroid dienone is 4. The van der Waals surface area contributed by atoms with Gasteiger partial charge in [-0.05, 0) is 96.9 Å². The smallest absolute Gasteiger partial charge is 0.302 e. The summed E-state index contributed by atoms with van der Waals surface area (Å²) in [5.74, 6) is 0.668. The molecule has 3 saturated carbocycles. The first-order valence-corrected chi connectivity index (χ1v) is 15.2. The zero-order valence-electron chi connectivity index (χ0n) is 25.6. The van der Waals surface area contributed by atoms with Gasteiger partial charge >= 0.3 is 11.9 Å². The maximum atomic E-state index is 11.9. The molecule has 0 aliphatic heterocycles. The molecule has 5 aliphatic carbocycles. The molecule has 0 spiro atoms. The van der Waals surface area contributed by atoms with E-state index in [1.165, 1.54) is 39.0 Å². The zero-order chi connectivity index (χ0) is 27.9. The highest BCUT2D eigenvalue weighted by Crippen LogP contribution is 2.74. The van der Waals surface area contributed by atoms with Crippen LogP contribution in [0.25, 0.3) is 0 Å². The van der Waals surface area contributed by atoms with Crippen LogP contribution in [-0.2, 0) is 19.1 Å². The van der Waals surface area contributed by atoms with Gasteiger partial charge in [0.25, 0.3) is 0 Å². The van der Waals surface area contributed by atoms with Crippen molar-refractivity contribution in [2.75, 3.05) is 6.61 Å². The molecule has 3 fully saturated rings. The van der Waals surface area contributed by atoms with Gasteiger partial charge in [-0.1, -0.05) is 66.2 Å². The topological polar surface area (TPSA) is 52.6 Å². The van der Waals surface area contributed by atoms with Crippen LogP contribution >= 0.6 is 0 Å². The number of fused-ring (bicyclic) bond motifs is 6. The van der Waals surface area contributed by atoms with Crippen LogP contribution in [0, 0.1) is 44.3 Å². The van der Waals surface area contributed by atoms with Crippen LogP contribution in [0.5, 0.6) is 0 Å². The van der Waals surface area contributed by atoms with Crippen molar-refractivity contribution in [3.63, 3.8) is 0 Å². The van der Waals surface area contributed by atoms with E-state index >= 15 is 0 Å². The van der Waals surface area contributed by atoms with Crippen LogP contribution in [0.15, 0.2) is 23.3 Å². The van der Waals surface area contributed by atoms with Crippen molar-refractivity contribution in [3.05, 3.63) is 23.3 Å². The Kier molecular flexibility index (Phi) is 6.41. The first-order valence-electron chi connectivity index (χ1n) is 15.2. The standard InChI is InChI=1S/C34H52O4/c1-22(35)37-21-30(5)16-17-31(6)18-19-33(8)25-10-11-26-29(3,4)28(38-23(2)36)13-14-32(26,7)24(25)12-15-34(33,9)27(31)20-30/h10-11,26-28H,12-21H2,1-9H3. The summed E-state index contributed by atoms with van der Waals surface area (Å²) in [5.41, 5.74) is 4.12. The van der Waals surface area contributed by atoms with Gasteiger partial charge in [0.2, 0.25) is 0 Å². The van der Waals surface area contributed by atoms with Gasteiger partial charge in [-0.15, -0.1) is 0 Å². The van der Waals surface area contributed by atoms with E-state index in [2.05, 4.69) is 60.6 Å². The van der Waals surface area contributed by atoms with Gasteiger partial charge in [-0.25, -0.2) is 0 Å². The lowest BCUT2D eigenvalue weighted by molar-refractivity contribution is -0.168. The van der Waals surface area contributed by atoms with E-state index in [1.54, 1.807) is 18.1 Å². The quantitative estimate of drug-likeness (QED) is 0.349. The molecular weight excluding hydrogens is 472 g/mol. The Labute approximate surface area is 231 Å². The lowest BCUT2D eigenvalue weighted by atomic mass is 9.36. The molecule has 0 heterocycles. The molecule has 0 radical (unpaired) electrons. The first-order chi connectivity index (χ1) is 17.5. The molecule has 8 unspecified atom stereocenters. The van der Waals surface area contributed by atoms with E-state index in [0.29, 0.717) is 23.9 Å². The molecule has 38 heavy (non-hydrogen) atoms. The van der Waals surface area contributed by atoms with Gasteiger partial charge in [-0.3, -0.25) is 9.59 Å². The van der Waals surface area contributed by atoms with Crippen molar-refractivity contribution in [2.45, 2.75) is 126 Å². The monoisotopic (exact) mass is 524 g/mol. The van der Waals surface area contributed by atoms with Crippen LogP contribution in [0.2, 0.25) is 0 Å². The summed E-state index contributed by atoms with van der Waals surface area (Å²) in [5, 5.41) is 0. The van der Waals surface area contributed by atoms with Crippen LogP contribution < -0.4 is 0 Å². The van der Waals surface area contributed by atoms with Crippen LogP contribution in [0.1, 0.15) is 120 Å². The highest BCUT2D eigenvalue weighted by atomic mass is 16.5. The summed E-state index contributed by atoms with van der Waals surface area (Å²) in [7, 11) is 0. The van der Waals surface area contributed by atoms with Crippen LogP contribution in [0.3, 0.4) is 0 Å². The maximum absolute atomic E-state index is 11.9. The highest BCUT2D eigenvalue weighted by Gasteiger charge is 2.65. The molecule has 0 bridgehead atoms. The molecule has 0 saturated heterocycles. The molecule has 0 aromatic heterocycles. The number of carbonyl (C=O) groups excluding carboxylic acids is 2. The molecule has 5 aliphatic rings. The van der Waals surface area contributed by atoms with Gasteiger partial charge in [-0.2, -0.15) is 0 Å². The summed E-state index contributed by atoms with van der Waals surface area (Å²) >= 11 is 0. The van der Waals surface area contributed by atoms with Crippen molar-refractivity contribution in [1.82, 2.24) is 0 Å². The predicted octanol–water partition coefficient (Wildman–Crippen LogP) is 8.20. The third-order valence-electron chi connectivity index (χ3n) is 13.2. The SMILES string of the molecule is CC(=O)OCC1(C)CCC2(C)CCC3(C)C4=C(CCC3(C)C2C1)C1(C)CCC(OC(C)=O)C(C)(C)C1C=C4. The number of carbonyl (C=O) groups is 2. The molecule has 212 valence electrons. The number of hydrogen-bond donors (Lipinski definition) is 0. The second-order valence-electron chi connectivity index (χ2n) is 15.9. The number of esters is 2. The second kappa shape index (κ2) is 8.71. The van der Waals surface area contributed by atoms with E-state index in [9.17, 15) is 9.59 Å². The van der Waals surface area contributed by atoms with E-state index in [1.807, 2.05) is 0 Å². The molecular formula is C34H52O4. The number of rotatable bonds is 3. The molecule has 4 heteroatoms.